The highest BCUT2D eigenvalue weighted by Gasteiger charge is 2.25. The quantitative estimate of drug-likeness (QED) is 0.927. The van der Waals surface area contributed by atoms with Gasteiger partial charge in [0.2, 0.25) is 0 Å². The minimum Gasteiger partial charge on any atom is -0.450 e. The summed E-state index contributed by atoms with van der Waals surface area (Å²) in [5.74, 6) is 0.0222. The van der Waals surface area contributed by atoms with E-state index in [1.807, 2.05) is 36.1 Å². The zero-order chi connectivity index (χ0) is 17.1. The van der Waals surface area contributed by atoms with E-state index >= 15 is 0 Å². The summed E-state index contributed by atoms with van der Waals surface area (Å²) >= 11 is 1.39. The molecule has 0 fully saturated rings. The summed E-state index contributed by atoms with van der Waals surface area (Å²) in [5.41, 5.74) is 2.77. The van der Waals surface area contributed by atoms with Crippen LogP contribution in [-0.4, -0.2) is 35.0 Å². The second-order valence-corrected chi connectivity index (χ2v) is 6.66. The first-order valence-electron chi connectivity index (χ1n) is 7.85. The van der Waals surface area contributed by atoms with E-state index in [1.54, 1.807) is 6.92 Å². The van der Waals surface area contributed by atoms with Gasteiger partial charge < -0.3 is 9.64 Å². The Morgan fingerprint density at radius 3 is 2.79 bits per heavy atom. The van der Waals surface area contributed by atoms with E-state index in [2.05, 4.69) is 10.3 Å². The molecule has 1 aromatic carbocycles. The third kappa shape index (κ3) is 3.56. The normalized spacial score (nSPS) is 13.3. The maximum Gasteiger partial charge on any atom is 0.413 e. The molecule has 2 heterocycles. The highest BCUT2D eigenvalue weighted by atomic mass is 32.1. The number of hydrogen-bond acceptors (Lipinski definition) is 5. The van der Waals surface area contributed by atoms with Crippen LogP contribution < -0.4 is 5.32 Å². The molecule has 2 aromatic rings. The molecule has 1 aliphatic heterocycles. The molecule has 1 aromatic heterocycles. The van der Waals surface area contributed by atoms with Gasteiger partial charge in [-0.1, -0.05) is 29.0 Å². The maximum absolute atomic E-state index is 12.6. The number of nitrogens with zero attached hydrogens (tertiary/aromatic N) is 2. The number of anilines is 1. The number of rotatable bonds is 3. The van der Waals surface area contributed by atoms with Crippen LogP contribution in [0.4, 0.5) is 9.93 Å². The number of benzene rings is 1. The summed E-state index contributed by atoms with van der Waals surface area (Å²) in [5, 5.41) is 3.14. The average Bonchev–Trinajstić information content (AvgIpc) is 2.96. The number of aromatic nitrogens is 1. The summed E-state index contributed by atoms with van der Waals surface area (Å²) in [7, 11) is 0. The predicted molar refractivity (Wildman–Crippen MR) is 92.4 cm³/mol. The third-order valence-corrected chi connectivity index (χ3v) is 4.80. The Labute approximate surface area is 144 Å². The molecule has 0 atom stereocenters. The van der Waals surface area contributed by atoms with Crippen molar-refractivity contribution < 1.29 is 14.3 Å². The highest BCUT2D eigenvalue weighted by molar-refractivity contribution is 7.15. The number of fused-ring (bicyclic) bond motifs is 1. The number of thiazole rings is 1. The molecule has 0 unspecified atom stereocenters. The van der Waals surface area contributed by atoms with Gasteiger partial charge in [-0.2, -0.15) is 0 Å². The van der Waals surface area contributed by atoms with Gasteiger partial charge in [0.05, 0.1) is 18.8 Å². The van der Waals surface area contributed by atoms with E-state index in [-0.39, 0.29) is 5.91 Å². The van der Waals surface area contributed by atoms with Crippen LogP contribution in [0.15, 0.2) is 24.3 Å². The van der Waals surface area contributed by atoms with Crippen LogP contribution in [0.2, 0.25) is 0 Å². The second kappa shape index (κ2) is 7.00. The zero-order valence-electron chi connectivity index (χ0n) is 13.7. The number of ether oxygens (including phenoxy) is 1. The van der Waals surface area contributed by atoms with Gasteiger partial charge in [-0.15, -0.1) is 0 Å². The number of aryl methyl sites for hydroxylation is 1. The van der Waals surface area contributed by atoms with Gasteiger partial charge in [0, 0.05) is 23.4 Å². The van der Waals surface area contributed by atoms with E-state index in [0.717, 1.165) is 16.1 Å². The van der Waals surface area contributed by atoms with Crippen molar-refractivity contribution in [2.24, 2.45) is 0 Å². The van der Waals surface area contributed by atoms with E-state index in [9.17, 15) is 9.59 Å². The molecule has 1 N–H and O–H groups in total. The van der Waals surface area contributed by atoms with E-state index in [0.29, 0.717) is 36.8 Å². The fourth-order valence-corrected chi connectivity index (χ4v) is 3.56. The summed E-state index contributed by atoms with van der Waals surface area (Å²) in [6, 6.07) is 7.59. The number of carbonyl (C=O) groups is 2. The van der Waals surface area contributed by atoms with Crippen molar-refractivity contribution in [3.8, 4) is 0 Å². The van der Waals surface area contributed by atoms with Crippen molar-refractivity contribution in [1.29, 1.82) is 0 Å². The summed E-state index contributed by atoms with van der Waals surface area (Å²) in [4.78, 5) is 31.3. The molecule has 0 spiro atoms. The van der Waals surface area contributed by atoms with Crippen LogP contribution in [0.1, 0.15) is 33.4 Å². The molecular formula is C17H19N3O3S. The van der Waals surface area contributed by atoms with Crippen LogP contribution >= 0.6 is 11.3 Å². The van der Waals surface area contributed by atoms with Gasteiger partial charge in [-0.05, 0) is 26.0 Å². The number of nitrogens with one attached hydrogen (secondary N) is 1. The Bertz CT molecular complexity index is 755. The standard InChI is InChI=1S/C17H19N3O3S/c1-3-23-17(22)19-16-18-13-8-9-20(10-14(13)24-16)15(21)12-6-4-11(2)5-7-12/h4-7H,3,8-10H2,1-2H3,(H,18,19,22). The predicted octanol–water partition coefficient (Wildman–Crippen LogP) is 3.22. The number of amides is 2. The molecule has 126 valence electrons. The van der Waals surface area contributed by atoms with Gasteiger partial charge in [0.25, 0.3) is 5.91 Å². The number of carbonyl (C=O) groups excluding carboxylic acids is 2. The van der Waals surface area contributed by atoms with E-state index in [4.69, 9.17) is 4.74 Å². The van der Waals surface area contributed by atoms with Gasteiger partial charge in [-0.3, -0.25) is 10.1 Å². The highest BCUT2D eigenvalue weighted by Crippen LogP contribution is 2.29. The van der Waals surface area contributed by atoms with E-state index < -0.39 is 6.09 Å². The van der Waals surface area contributed by atoms with Crippen molar-refractivity contribution >= 4 is 28.5 Å². The van der Waals surface area contributed by atoms with Crippen LogP contribution in [0.5, 0.6) is 0 Å². The molecule has 2 amide bonds. The molecule has 0 radical (unpaired) electrons. The molecular weight excluding hydrogens is 326 g/mol. The lowest BCUT2D eigenvalue weighted by molar-refractivity contribution is 0.0736. The van der Waals surface area contributed by atoms with Crippen LogP contribution in [-0.2, 0) is 17.7 Å². The lowest BCUT2D eigenvalue weighted by Gasteiger charge is -2.26. The summed E-state index contributed by atoms with van der Waals surface area (Å²) in [6.45, 7) is 5.21. The van der Waals surface area contributed by atoms with Gasteiger partial charge in [0.15, 0.2) is 5.13 Å². The Kier molecular flexibility index (Phi) is 4.80. The Morgan fingerprint density at radius 1 is 1.33 bits per heavy atom. The molecule has 0 aliphatic carbocycles. The minimum atomic E-state index is -0.504. The van der Waals surface area contributed by atoms with Crippen LogP contribution in [0.3, 0.4) is 0 Å². The Hall–Kier alpha value is -2.41. The molecule has 7 heteroatoms. The largest absolute Gasteiger partial charge is 0.450 e. The molecule has 24 heavy (non-hydrogen) atoms. The lowest BCUT2D eigenvalue weighted by Crippen LogP contribution is -2.35. The third-order valence-electron chi connectivity index (χ3n) is 3.80. The zero-order valence-corrected chi connectivity index (χ0v) is 14.5. The van der Waals surface area contributed by atoms with Gasteiger partial charge in [-0.25, -0.2) is 9.78 Å². The molecule has 0 bridgehead atoms. The molecule has 6 nitrogen and oxygen atoms in total. The first kappa shape index (κ1) is 16.4. The second-order valence-electron chi connectivity index (χ2n) is 5.58. The average molecular weight is 345 g/mol. The fourth-order valence-electron chi connectivity index (χ4n) is 2.56. The topological polar surface area (TPSA) is 71.5 Å². The molecule has 0 saturated carbocycles. The summed E-state index contributed by atoms with van der Waals surface area (Å²) < 4.78 is 4.86. The minimum absolute atomic E-state index is 0.0222. The Morgan fingerprint density at radius 2 is 2.08 bits per heavy atom. The molecule has 3 rings (SSSR count). The summed E-state index contributed by atoms with van der Waals surface area (Å²) in [6.07, 6.45) is 0.185. The van der Waals surface area contributed by atoms with Gasteiger partial charge in [0.1, 0.15) is 0 Å². The smallest absolute Gasteiger partial charge is 0.413 e. The van der Waals surface area contributed by atoms with Crippen molar-refractivity contribution in [2.45, 2.75) is 26.8 Å². The first-order chi connectivity index (χ1) is 11.6. The van der Waals surface area contributed by atoms with Crippen LogP contribution in [0.25, 0.3) is 0 Å². The Balaban J connectivity index is 1.70. The van der Waals surface area contributed by atoms with E-state index in [1.165, 1.54) is 11.3 Å². The van der Waals surface area contributed by atoms with Crippen molar-refractivity contribution in [1.82, 2.24) is 9.88 Å². The van der Waals surface area contributed by atoms with Crippen molar-refractivity contribution in [2.75, 3.05) is 18.5 Å². The molecule has 0 saturated heterocycles. The lowest BCUT2D eigenvalue weighted by atomic mass is 10.1. The SMILES string of the molecule is CCOC(=O)Nc1nc2c(s1)CN(C(=O)c1ccc(C)cc1)CC2. The van der Waals surface area contributed by atoms with Gasteiger partial charge >= 0.3 is 6.09 Å². The van der Waals surface area contributed by atoms with Crippen molar-refractivity contribution in [3.63, 3.8) is 0 Å². The number of hydrogen-bond donors (Lipinski definition) is 1. The fraction of sp³-hybridized carbons (Fsp3) is 0.353. The van der Waals surface area contributed by atoms with Crippen molar-refractivity contribution in [3.05, 3.63) is 46.0 Å². The maximum atomic E-state index is 12.6. The molecule has 1 aliphatic rings. The first-order valence-corrected chi connectivity index (χ1v) is 8.66. The van der Waals surface area contributed by atoms with Crippen LogP contribution in [0, 0.1) is 6.92 Å². The monoisotopic (exact) mass is 345 g/mol.